The van der Waals surface area contributed by atoms with Crippen molar-refractivity contribution in [3.8, 4) is 5.88 Å². The molecule has 3 N–H and O–H groups in total. The van der Waals surface area contributed by atoms with Gasteiger partial charge in [-0.2, -0.15) is 0 Å². The Bertz CT molecular complexity index is 1030. The first-order valence-electron chi connectivity index (χ1n) is 11.5. The van der Waals surface area contributed by atoms with Crippen LogP contribution in [0.25, 0.3) is 0 Å². The minimum absolute atomic E-state index is 0.00479. The van der Waals surface area contributed by atoms with Crippen LogP contribution in [0.15, 0.2) is 40.9 Å². The van der Waals surface area contributed by atoms with Crippen LogP contribution in [0.2, 0.25) is 0 Å². The number of benzene rings is 1. The number of nitrogens with one attached hydrogen (secondary N) is 3. The van der Waals surface area contributed by atoms with E-state index >= 15 is 0 Å². The van der Waals surface area contributed by atoms with E-state index in [0.717, 1.165) is 12.7 Å². The number of alkyl carbamates (subject to hydrolysis) is 2. The van der Waals surface area contributed by atoms with Crippen molar-refractivity contribution in [1.82, 2.24) is 21.1 Å². The van der Waals surface area contributed by atoms with Gasteiger partial charge in [0.1, 0.15) is 18.2 Å². The molecule has 0 aliphatic carbocycles. The summed E-state index contributed by atoms with van der Waals surface area (Å²) in [7, 11) is 1.15. The Balaban J connectivity index is 1.74. The average molecular weight is 521 g/mol. The number of carbonyl (C=O) groups is 4. The molecule has 0 fully saturated rings. The monoisotopic (exact) mass is 520 g/mol. The number of amides is 3. The molecule has 1 aromatic heterocycles. The van der Waals surface area contributed by atoms with Gasteiger partial charge in [-0.05, 0) is 37.9 Å². The number of esters is 1. The Labute approximate surface area is 214 Å². The number of rotatable bonds is 12. The molecule has 0 bridgehead atoms. The Morgan fingerprint density at radius 3 is 2.46 bits per heavy atom. The number of aromatic nitrogens is 1. The van der Waals surface area contributed by atoms with Crippen LogP contribution in [-0.4, -0.2) is 67.7 Å². The SMILES string of the molecule is COC(=O)C(CNC(=O)c1cc(OCCCNC(=O)OC(C)(C)C)no1)NC(=O)OCc1ccccc1. The second kappa shape index (κ2) is 14.3. The molecular formula is C24H32N4O9. The zero-order valence-corrected chi connectivity index (χ0v) is 21.2. The normalized spacial score (nSPS) is 11.6. The summed E-state index contributed by atoms with van der Waals surface area (Å²) in [5, 5.41) is 11.0. The lowest BCUT2D eigenvalue weighted by Gasteiger charge is -2.19. The number of nitrogens with zero attached hydrogens (tertiary/aromatic N) is 1. The van der Waals surface area contributed by atoms with Gasteiger partial charge in [0.05, 0.1) is 19.8 Å². The first-order valence-corrected chi connectivity index (χ1v) is 11.5. The van der Waals surface area contributed by atoms with Crippen molar-refractivity contribution in [3.63, 3.8) is 0 Å². The van der Waals surface area contributed by atoms with Gasteiger partial charge in [-0.3, -0.25) is 4.79 Å². The predicted molar refractivity (Wildman–Crippen MR) is 129 cm³/mol. The van der Waals surface area contributed by atoms with Gasteiger partial charge in [0, 0.05) is 13.1 Å². The minimum Gasteiger partial charge on any atom is -0.475 e. The van der Waals surface area contributed by atoms with Crippen LogP contribution in [0, 0.1) is 0 Å². The number of ether oxygens (including phenoxy) is 4. The maximum Gasteiger partial charge on any atom is 0.408 e. The van der Waals surface area contributed by atoms with Gasteiger partial charge >= 0.3 is 18.2 Å². The zero-order valence-electron chi connectivity index (χ0n) is 21.2. The molecule has 2 aromatic rings. The van der Waals surface area contributed by atoms with E-state index in [1.165, 1.54) is 6.07 Å². The molecule has 0 aliphatic heterocycles. The van der Waals surface area contributed by atoms with Gasteiger partial charge < -0.3 is 39.4 Å². The van der Waals surface area contributed by atoms with Gasteiger partial charge in [-0.25, -0.2) is 14.4 Å². The quantitative estimate of drug-likeness (QED) is 0.214. The molecule has 1 atom stereocenters. The third kappa shape index (κ3) is 11.3. The molecule has 0 radical (unpaired) electrons. The van der Waals surface area contributed by atoms with Crippen LogP contribution in [0.3, 0.4) is 0 Å². The van der Waals surface area contributed by atoms with E-state index in [-0.39, 0.29) is 31.4 Å². The molecule has 37 heavy (non-hydrogen) atoms. The number of hydrogen-bond donors (Lipinski definition) is 3. The van der Waals surface area contributed by atoms with Crippen LogP contribution >= 0.6 is 0 Å². The molecular weight excluding hydrogens is 488 g/mol. The largest absolute Gasteiger partial charge is 0.475 e. The molecule has 0 saturated heterocycles. The first kappa shape index (κ1) is 28.9. The van der Waals surface area contributed by atoms with Crippen molar-refractivity contribution < 1.29 is 42.6 Å². The van der Waals surface area contributed by atoms with Crippen molar-refractivity contribution in [1.29, 1.82) is 0 Å². The van der Waals surface area contributed by atoms with Crippen molar-refractivity contribution in [2.24, 2.45) is 0 Å². The van der Waals surface area contributed by atoms with Crippen molar-refractivity contribution in [2.45, 2.75) is 45.4 Å². The maximum absolute atomic E-state index is 12.4. The topological polar surface area (TPSA) is 167 Å². The Morgan fingerprint density at radius 1 is 1.05 bits per heavy atom. The molecule has 1 unspecified atom stereocenters. The summed E-state index contributed by atoms with van der Waals surface area (Å²) in [5.74, 6) is -1.58. The van der Waals surface area contributed by atoms with E-state index in [9.17, 15) is 19.2 Å². The van der Waals surface area contributed by atoms with Crippen LogP contribution in [-0.2, 0) is 25.6 Å². The Hall–Kier alpha value is -4.29. The van der Waals surface area contributed by atoms with Gasteiger partial charge in [0.2, 0.25) is 5.76 Å². The standard InChI is InChI=1S/C24H32N4O9/c1-24(2,3)36-22(31)25-11-8-12-34-19-13-18(37-28-19)20(29)26-14-17(21(30)33-4)27-23(32)35-15-16-9-6-5-7-10-16/h5-7,9-10,13,17H,8,11-12,14-15H2,1-4H3,(H,25,31)(H,26,29)(H,27,32). The molecule has 0 spiro atoms. The highest BCUT2D eigenvalue weighted by Crippen LogP contribution is 2.12. The predicted octanol–water partition coefficient (Wildman–Crippen LogP) is 2.17. The highest BCUT2D eigenvalue weighted by molar-refractivity contribution is 5.92. The van der Waals surface area contributed by atoms with Crippen LogP contribution < -0.4 is 20.7 Å². The number of hydrogen-bond acceptors (Lipinski definition) is 10. The number of carbonyl (C=O) groups excluding carboxylic acids is 4. The van der Waals surface area contributed by atoms with Gasteiger partial charge in [-0.1, -0.05) is 30.3 Å². The summed E-state index contributed by atoms with van der Waals surface area (Å²) < 4.78 is 25.2. The second-order valence-electron chi connectivity index (χ2n) is 8.65. The molecule has 0 aliphatic rings. The lowest BCUT2D eigenvalue weighted by Crippen LogP contribution is -2.49. The maximum atomic E-state index is 12.4. The van der Waals surface area contributed by atoms with Gasteiger partial charge in [0.15, 0.2) is 0 Å². The van der Waals surface area contributed by atoms with E-state index in [2.05, 4.69) is 25.8 Å². The average Bonchev–Trinajstić information content (AvgIpc) is 3.33. The van der Waals surface area contributed by atoms with Crippen LogP contribution in [0.4, 0.5) is 9.59 Å². The smallest absolute Gasteiger partial charge is 0.408 e. The summed E-state index contributed by atoms with van der Waals surface area (Å²) in [6.07, 6.45) is -0.928. The Kier molecular flexibility index (Phi) is 11.2. The highest BCUT2D eigenvalue weighted by Gasteiger charge is 2.24. The van der Waals surface area contributed by atoms with Gasteiger partial charge in [0.25, 0.3) is 11.8 Å². The molecule has 1 heterocycles. The minimum atomic E-state index is -1.20. The van der Waals surface area contributed by atoms with Crippen LogP contribution in [0.5, 0.6) is 5.88 Å². The zero-order chi connectivity index (χ0) is 27.3. The van der Waals surface area contributed by atoms with Crippen molar-refractivity contribution in [3.05, 3.63) is 47.7 Å². The van der Waals surface area contributed by atoms with Crippen molar-refractivity contribution in [2.75, 3.05) is 26.8 Å². The molecule has 0 saturated carbocycles. The first-order chi connectivity index (χ1) is 17.6. The third-order valence-corrected chi connectivity index (χ3v) is 4.41. The molecule has 13 nitrogen and oxygen atoms in total. The second-order valence-corrected chi connectivity index (χ2v) is 8.65. The summed E-state index contributed by atoms with van der Waals surface area (Å²) in [4.78, 5) is 48.1. The lowest BCUT2D eigenvalue weighted by atomic mass is 10.2. The summed E-state index contributed by atoms with van der Waals surface area (Å²) in [5.41, 5.74) is 0.180. The fraction of sp³-hybridized carbons (Fsp3) is 0.458. The van der Waals surface area contributed by atoms with E-state index in [0.29, 0.717) is 13.0 Å². The number of methoxy groups -OCH3 is 1. The summed E-state index contributed by atoms with van der Waals surface area (Å²) in [6, 6.07) is 9.05. The highest BCUT2D eigenvalue weighted by atomic mass is 16.6. The van der Waals surface area contributed by atoms with E-state index in [1.807, 2.05) is 6.07 Å². The summed E-state index contributed by atoms with van der Waals surface area (Å²) >= 11 is 0. The molecule has 3 amide bonds. The fourth-order valence-corrected chi connectivity index (χ4v) is 2.71. The van der Waals surface area contributed by atoms with E-state index in [4.69, 9.17) is 18.7 Å². The van der Waals surface area contributed by atoms with E-state index < -0.39 is 35.7 Å². The third-order valence-electron chi connectivity index (χ3n) is 4.41. The van der Waals surface area contributed by atoms with Crippen LogP contribution in [0.1, 0.15) is 43.3 Å². The Morgan fingerprint density at radius 2 is 1.78 bits per heavy atom. The molecule has 202 valence electrons. The summed E-state index contributed by atoms with van der Waals surface area (Å²) in [6.45, 7) is 5.52. The molecule has 13 heteroatoms. The van der Waals surface area contributed by atoms with Gasteiger partial charge in [-0.15, -0.1) is 0 Å². The lowest BCUT2D eigenvalue weighted by molar-refractivity contribution is -0.142. The van der Waals surface area contributed by atoms with Crippen molar-refractivity contribution >= 4 is 24.1 Å². The fourth-order valence-electron chi connectivity index (χ4n) is 2.71. The molecule has 2 rings (SSSR count). The molecule has 1 aromatic carbocycles. The van der Waals surface area contributed by atoms with E-state index in [1.54, 1.807) is 45.0 Å².